The summed E-state index contributed by atoms with van der Waals surface area (Å²) in [5.41, 5.74) is 1.05. The number of nitrogens with zero attached hydrogens (tertiary/aromatic N) is 1. The lowest BCUT2D eigenvalue weighted by atomic mass is 10.1. The van der Waals surface area contributed by atoms with E-state index in [1.807, 2.05) is 6.07 Å². The second-order valence-corrected chi connectivity index (χ2v) is 5.32. The Labute approximate surface area is 109 Å². The molecular formula is C12H15NO4S. The Balaban J connectivity index is 2.07. The topological polar surface area (TPSA) is 66.8 Å². The SMILES string of the molecule is CCOC(=O)N1CCc2sc(CC(=O)O)cc2C1. The Morgan fingerprint density at radius 2 is 2.33 bits per heavy atom. The number of rotatable bonds is 3. The van der Waals surface area contributed by atoms with Gasteiger partial charge in [0.25, 0.3) is 0 Å². The van der Waals surface area contributed by atoms with Crippen LogP contribution in [0.2, 0.25) is 0 Å². The lowest BCUT2D eigenvalue weighted by molar-refractivity contribution is -0.136. The second-order valence-electron chi connectivity index (χ2n) is 4.10. The third-order valence-electron chi connectivity index (χ3n) is 2.77. The first-order chi connectivity index (χ1) is 8.60. The molecule has 0 bridgehead atoms. The summed E-state index contributed by atoms with van der Waals surface area (Å²) >= 11 is 1.53. The largest absolute Gasteiger partial charge is 0.481 e. The van der Waals surface area contributed by atoms with Gasteiger partial charge in [-0.3, -0.25) is 4.79 Å². The number of aliphatic carboxylic acids is 1. The molecule has 2 heterocycles. The minimum absolute atomic E-state index is 0.0527. The molecular weight excluding hydrogens is 254 g/mol. The number of hydrogen-bond donors (Lipinski definition) is 1. The van der Waals surface area contributed by atoms with Crippen molar-refractivity contribution in [3.8, 4) is 0 Å². The van der Waals surface area contributed by atoms with Gasteiger partial charge in [0.2, 0.25) is 0 Å². The van der Waals surface area contributed by atoms with Crippen molar-refractivity contribution in [2.45, 2.75) is 26.3 Å². The average Bonchev–Trinajstić information content (AvgIpc) is 2.69. The molecule has 0 aromatic carbocycles. The maximum Gasteiger partial charge on any atom is 0.410 e. The van der Waals surface area contributed by atoms with Crippen molar-refractivity contribution in [3.05, 3.63) is 21.4 Å². The maximum atomic E-state index is 11.6. The van der Waals surface area contributed by atoms with Crippen molar-refractivity contribution >= 4 is 23.4 Å². The quantitative estimate of drug-likeness (QED) is 0.910. The van der Waals surface area contributed by atoms with Gasteiger partial charge in [-0.2, -0.15) is 0 Å². The molecule has 1 aromatic rings. The molecule has 1 aliphatic heterocycles. The standard InChI is InChI=1S/C12H15NO4S/c1-2-17-12(16)13-4-3-10-8(7-13)5-9(18-10)6-11(14)15/h5H,2-4,6-7H2,1H3,(H,14,15). The summed E-state index contributed by atoms with van der Waals surface area (Å²) < 4.78 is 4.96. The Hall–Kier alpha value is -1.56. The van der Waals surface area contributed by atoms with Crippen LogP contribution >= 0.6 is 11.3 Å². The van der Waals surface area contributed by atoms with Gasteiger partial charge in [0.15, 0.2) is 0 Å². The van der Waals surface area contributed by atoms with E-state index in [2.05, 4.69) is 0 Å². The number of hydrogen-bond acceptors (Lipinski definition) is 4. The molecule has 6 heteroatoms. The van der Waals surface area contributed by atoms with Crippen molar-refractivity contribution in [1.82, 2.24) is 4.90 Å². The molecule has 1 aliphatic rings. The van der Waals surface area contributed by atoms with Crippen LogP contribution in [0.25, 0.3) is 0 Å². The van der Waals surface area contributed by atoms with Gasteiger partial charge < -0.3 is 14.7 Å². The molecule has 1 aromatic heterocycles. The molecule has 0 atom stereocenters. The monoisotopic (exact) mass is 269 g/mol. The molecule has 0 aliphatic carbocycles. The Bertz CT molecular complexity index is 469. The highest BCUT2D eigenvalue weighted by molar-refractivity contribution is 7.12. The average molecular weight is 269 g/mol. The van der Waals surface area contributed by atoms with E-state index in [0.29, 0.717) is 19.7 Å². The first-order valence-electron chi connectivity index (χ1n) is 5.84. The fraction of sp³-hybridized carbons (Fsp3) is 0.500. The number of fused-ring (bicyclic) bond motifs is 1. The molecule has 0 spiro atoms. The molecule has 0 radical (unpaired) electrons. The van der Waals surface area contributed by atoms with Crippen LogP contribution in [0.5, 0.6) is 0 Å². The number of thiophene rings is 1. The van der Waals surface area contributed by atoms with Crippen molar-refractivity contribution in [2.24, 2.45) is 0 Å². The van der Waals surface area contributed by atoms with E-state index in [4.69, 9.17) is 9.84 Å². The summed E-state index contributed by atoms with van der Waals surface area (Å²) in [6.45, 7) is 3.31. The molecule has 5 nitrogen and oxygen atoms in total. The molecule has 0 fully saturated rings. The van der Waals surface area contributed by atoms with E-state index in [-0.39, 0.29) is 12.5 Å². The van der Waals surface area contributed by atoms with Crippen LogP contribution in [0.4, 0.5) is 4.79 Å². The number of ether oxygens (including phenoxy) is 1. The third-order valence-corrected chi connectivity index (χ3v) is 4.01. The van der Waals surface area contributed by atoms with Gasteiger partial charge >= 0.3 is 12.1 Å². The predicted molar refractivity (Wildman–Crippen MR) is 66.8 cm³/mol. The van der Waals surface area contributed by atoms with Crippen molar-refractivity contribution in [1.29, 1.82) is 0 Å². The van der Waals surface area contributed by atoms with E-state index in [0.717, 1.165) is 16.9 Å². The summed E-state index contributed by atoms with van der Waals surface area (Å²) in [5.74, 6) is -0.823. The van der Waals surface area contributed by atoms with Gasteiger partial charge in [-0.1, -0.05) is 0 Å². The number of carbonyl (C=O) groups is 2. The zero-order chi connectivity index (χ0) is 13.1. The molecule has 1 N–H and O–H groups in total. The highest BCUT2D eigenvalue weighted by Gasteiger charge is 2.23. The minimum Gasteiger partial charge on any atom is -0.481 e. The first kappa shape index (κ1) is 12.9. The number of carboxylic acid groups (broad SMARTS) is 1. The predicted octanol–water partition coefficient (Wildman–Crippen LogP) is 1.89. The summed E-state index contributed by atoms with van der Waals surface area (Å²) in [4.78, 5) is 26.0. The van der Waals surface area contributed by atoms with Crippen molar-refractivity contribution in [2.75, 3.05) is 13.2 Å². The molecule has 0 saturated heterocycles. The fourth-order valence-electron chi connectivity index (χ4n) is 2.00. The smallest absolute Gasteiger partial charge is 0.410 e. The van der Waals surface area contributed by atoms with Crippen molar-refractivity contribution < 1.29 is 19.4 Å². The van der Waals surface area contributed by atoms with Crippen LogP contribution in [-0.2, 0) is 28.9 Å². The van der Waals surface area contributed by atoms with Crippen LogP contribution in [0.3, 0.4) is 0 Å². The molecule has 2 rings (SSSR count). The molecule has 1 amide bonds. The number of carbonyl (C=O) groups excluding carboxylic acids is 1. The molecule has 18 heavy (non-hydrogen) atoms. The van der Waals surface area contributed by atoms with Crippen LogP contribution in [-0.4, -0.2) is 35.2 Å². The van der Waals surface area contributed by atoms with Gasteiger partial charge in [0.05, 0.1) is 19.6 Å². The summed E-state index contributed by atoms with van der Waals surface area (Å²) in [6, 6.07) is 1.89. The Kier molecular flexibility index (Phi) is 3.86. The molecule has 98 valence electrons. The van der Waals surface area contributed by atoms with Gasteiger partial charge in [-0.15, -0.1) is 11.3 Å². The van der Waals surface area contributed by atoms with Gasteiger partial charge in [0, 0.05) is 16.3 Å². The maximum absolute atomic E-state index is 11.6. The van der Waals surface area contributed by atoms with Crippen LogP contribution < -0.4 is 0 Å². The van der Waals surface area contributed by atoms with E-state index in [1.165, 1.54) is 16.2 Å². The third kappa shape index (κ3) is 2.81. The summed E-state index contributed by atoms with van der Waals surface area (Å²) in [5, 5.41) is 8.76. The lowest BCUT2D eigenvalue weighted by Gasteiger charge is -2.25. The molecule has 0 saturated carbocycles. The Morgan fingerprint density at radius 3 is 3.00 bits per heavy atom. The second kappa shape index (κ2) is 5.39. The van der Waals surface area contributed by atoms with Gasteiger partial charge in [-0.05, 0) is 25.0 Å². The zero-order valence-corrected chi connectivity index (χ0v) is 11.0. The summed E-state index contributed by atoms with van der Waals surface area (Å²) in [7, 11) is 0. The lowest BCUT2D eigenvalue weighted by Crippen LogP contribution is -2.35. The van der Waals surface area contributed by atoms with E-state index in [9.17, 15) is 9.59 Å². The van der Waals surface area contributed by atoms with E-state index < -0.39 is 5.97 Å². The molecule has 0 unspecified atom stereocenters. The van der Waals surface area contributed by atoms with Crippen molar-refractivity contribution in [3.63, 3.8) is 0 Å². The number of amides is 1. The van der Waals surface area contributed by atoms with E-state index in [1.54, 1.807) is 11.8 Å². The normalized spacial score (nSPS) is 14.2. The van der Waals surface area contributed by atoms with Crippen LogP contribution in [0.15, 0.2) is 6.07 Å². The number of carboxylic acids is 1. The first-order valence-corrected chi connectivity index (χ1v) is 6.65. The highest BCUT2D eigenvalue weighted by atomic mass is 32.1. The van der Waals surface area contributed by atoms with Gasteiger partial charge in [0.1, 0.15) is 0 Å². The fourth-order valence-corrected chi connectivity index (χ4v) is 3.16. The minimum atomic E-state index is -0.823. The van der Waals surface area contributed by atoms with Crippen LogP contribution in [0.1, 0.15) is 22.2 Å². The van der Waals surface area contributed by atoms with Gasteiger partial charge in [-0.25, -0.2) is 4.79 Å². The summed E-state index contributed by atoms with van der Waals surface area (Å²) in [6.07, 6.45) is 0.532. The highest BCUT2D eigenvalue weighted by Crippen LogP contribution is 2.28. The Morgan fingerprint density at radius 1 is 1.56 bits per heavy atom. The zero-order valence-electron chi connectivity index (χ0n) is 10.1. The van der Waals surface area contributed by atoms with Crippen LogP contribution in [0, 0.1) is 0 Å². The van der Waals surface area contributed by atoms with E-state index >= 15 is 0 Å².